The van der Waals surface area contributed by atoms with Crippen molar-refractivity contribution in [2.75, 3.05) is 33.2 Å². The molecule has 1 aliphatic heterocycles. The second kappa shape index (κ2) is 7.26. The van der Waals surface area contributed by atoms with Gasteiger partial charge < -0.3 is 14.9 Å². The molecule has 0 radical (unpaired) electrons. The zero-order valence-corrected chi connectivity index (χ0v) is 12.3. The summed E-state index contributed by atoms with van der Waals surface area (Å²) in [5.41, 5.74) is 1.77. The lowest BCUT2D eigenvalue weighted by Gasteiger charge is -2.36. The molecule has 6 heteroatoms. The fourth-order valence-corrected chi connectivity index (χ4v) is 2.37. The molecule has 1 fully saturated rings. The molecule has 0 saturated carbocycles. The molecule has 1 saturated heterocycles. The van der Waals surface area contributed by atoms with Crippen LogP contribution in [0.1, 0.15) is 18.5 Å². The average molecular weight is 285 g/mol. The number of piperazine rings is 1. The van der Waals surface area contributed by atoms with Gasteiger partial charge in [0, 0.05) is 32.2 Å². The molecular formula is C13H22BClN2O2. The summed E-state index contributed by atoms with van der Waals surface area (Å²) >= 11 is 0. The summed E-state index contributed by atoms with van der Waals surface area (Å²) in [4.78, 5) is 4.80. The summed E-state index contributed by atoms with van der Waals surface area (Å²) in [6, 6.07) is 7.91. The smallest absolute Gasteiger partial charge is 0.423 e. The number of hydrogen-bond acceptors (Lipinski definition) is 4. The fourth-order valence-electron chi connectivity index (χ4n) is 2.37. The number of benzene rings is 1. The molecule has 0 amide bonds. The zero-order valence-electron chi connectivity index (χ0n) is 11.5. The molecule has 0 aromatic heterocycles. The molecule has 1 unspecified atom stereocenters. The van der Waals surface area contributed by atoms with Crippen molar-refractivity contribution in [3.63, 3.8) is 0 Å². The van der Waals surface area contributed by atoms with Crippen LogP contribution in [0, 0.1) is 0 Å². The molecule has 1 aromatic rings. The van der Waals surface area contributed by atoms with Crippen LogP contribution >= 0.6 is 12.4 Å². The van der Waals surface area contributed by atoms with E-state index in [9.17, 15) is 0 Å². The van der Waals surface area contributed by atoms with Crippen LogP contribution in [0.2, 0.25) is 0 Å². The van der Waals surface area contributed by atoms with Gasteiger partial charge >= 0.3 is 7.12 Å². The maximum Gasteiger partial charge on any atom is 0.488 e. The molecule has 1 atom stereocenters. The van der Waals surface area contributed by atoms with Crippen molar-refractivity contribution in [3.8, 4) is 0 Å². The Morgan fingerprint density at radius 3 is 2.05 bits per heavy atom. The summed E-state index contributed by atoms with van der Waals surface area (Å²) < 4.78 is 0. The summed E-state index contributed by atoms with van der Waals surface area (Å²) in [7, 11) is 0.775. The predicted octanol–water partition coefficient (Wildman–Crippen LogP) is 0.0966. The third-order valence-electron chi connectivity index (χ3n) is 3.80. The molecule has 19 heavy (non-hydrogen) atoms. The maximum atomic E-state index is 9.07. The van der Waals surface area contributed by atoms with Gasteiger partial charge in [0.1, 0.15) is 0 Å². The van der Waals surface area contributed by atoms with Gasteiger partial charge in [-0.3, -0.25) is 4.90 Å². The van der Waals surface area contributed by atoms with E-state index in [4.69, 9.17) is 10.0 Å². The van der Waals surface area contributed by atoms with Crippen molar-refractivity contribution in [3.05, 3.63) is 29.8 Å². The summed E-state index contributed by atoms with van der Waals surface area (Å²) in [6.45, 7) is 6.59. The Bertz CT molecular complexity index is 381. The largest absolute Gasteiger partial charge is 0.488 e. The van der Waals surface area contributed by atoms with Gasteiger partial charge in [-0.1, -0.05) is 24.3 Å². The van der Waals surface area contributed by atoms with Crippen molar-refractivity contribution in [1.29, 1.82) is 0 Å². The monoisotopic (exact) mass is 284 g/mol. The van der Waals surface area contributed by atoms with E-state index in [1.807, 2.05) is 12.1 Å². The van der Waals surface area contributed by atoms with E-state index in [2.05, 4.69) is 23.8 Å². The number of halogens is 1. The van der Waals surface area contributed by atoms with Crippen LogP contribution < -0.4 is 5.46 Å². The van der Waals surface area contributed by atoms with Gasteiger partial charge in [-0.05, 0) is 25.0 Å². The number of nitrogens with zero attached hydrogens (tertiary/aromatic N) is 2. The topological polar surface area (TPSA) is 46.9 Å². The van der Waals surface area contributed by atoms with Gasteiger partial charge in [-0.2, -0.15) is 0 Å². The highest BCUT2D eigenvalue weighted by Crippen LogP contribution is 2.20. The quantitative estimate of drug-likeness (QED) is 0.773. The highest BCUT2D eigenvalue weighted by atomic mass is 35.5. The third kappa shape index (κ3) is 4.19. The third-order valence-corrected chi connectivity index (χ3v) is 3.80. The molecule has 0 spiro atoms. The minimum absolute atomic E-state index is 0. The van der Waals surface area contributed by atoms with Gasteiger partial charge in [-0.25, -0.2) is 0 Å². The maximum absolute atomic E-state index is 9.07. The second-order valence-corrected chi connectivity index (χ2v) is 5.06. The van der Waals surface area contributed by atoms with Crippen molar-refractivity contribution in [2.24, 2.45) is 0 Å². The van der Waals surface area contributed by atoms with E-state index >= 15 is 0 Å². The molecule has 106 valence electrons. The number of hydrogen-bond donors (Lipinski definition) is 2. The summed E-state index contributed by atoms with van der Waals surface area (Å²) in [6.07, 6.45) is 0. The SMILES string of the molecule is CC(c1ccc(B(O)O)cc1)N1CCN(C)CC1.Cl. The van der Waals surface area contributed by atoms with Crippen molar-refractivity contribution in [1.82, 2.24) is 9.80 Å². The van der Waals surface area contributed by atoms with Gasteiger partial charge in [0.2, 0.25) is 0 Å². The first-order chi connectivity index (χ1) is 8.58. The lowest BCUT2D eigenvalue weighted by molar-refractivity contribution is 0.119. The second-order valence-electron chi connectivity index (χ2n) is 5.06. The molecule has 2 rings (SSSR count). The minimum atomic E-state index is -1.38. The number of rotatable bonds is 3. The highest BCUT2D eigenvalue weighted by molar-refractivity contribution is 6.58. The lowest BCUT2D eigenvalue weighted by Crippen LogP contribution is -2.45. The van der Waals surface area contributed by atoms with Gasteiger partial charge in [0.05, 0.1) is 0 Å². The highest BCUT2D eigenvalue weighted by Gasteiger charge is 2.20. The normalized spacial score (nSPS) is 18.7. The van der Waals surface area contributed by atoms with E-state index in [0.29, 0.717) is 11.5 Å². The van der Waals surface area contributed by atoms with E-state index in [1.165, 1.54) is 5.56 Å². The van der Waals surface area contributed by atoms with Crippen LogP contribution in [-0.2, 0) is 0 Å². The van der Waals surface area contributed by atoms with Crippen molar-refractivity contribution < 1.29 is 10.0 Å². The standard InChI is InChI=1S/C13H21BN2O2.ClH/c1-11(16-9-7-15(2)8-10-16)12-3-5-13(6-4-12)14(17)18;/h3-6,11,17-18H,7-10H2,1-2H3;1H. The van der Waals surface area contributed by atoms with E-state index in [-0.39, 0.29) is 12.4 Å². The predicted molar refractivity (Wildman–Crippen MR) is 81.0 cm³/mol. The Morgan fingerprint density at radius 2 is 1.58 bits per heavy atom. The van der Waals surface area contributed by atoms with E-state index < -0.39 is 7.12 Å². The van der Waals surface area contributed by atoms with Gasteiger partial charge in [0.25, 0.3) is 0 Å². The average Bonchev–Trinajstić information content (AvgIpc) is 2.39. The van der Waals surface area contributed by atoms with Crippen molar-refractivity contribution >= 4 is 25.0 Å². The minimum Gasteiger partial charge on any atom is -0.423 e. The molecule has 1 heterocycles. The van der Waals surface area contributed by atoms with E-state index in [0.717, 1.165) is 26.2 Å². The summed E-state index contributed by atoms with van der Waals surface area (Å²) in [5, 5.41) is 18.1. The Kier molecular flexibility index (Phi) is 6.30. The molecule has 2 N–H and O–H groups in total. The van der Waals surface area contributed by atoms with Crippen LogP contribution in [-0.4, -0.2) is 60.2 Å². The van der Waals surface area contributed by atoms with Crippen LogP contribution in [0.5, 0.6) is 0 Å². The van der Waals surface area contributed by atoms with Gasteiger partial charge in [0.15, 0.2) is 0 Å². The Morgan fingerprint density at radius 1 is 1.05 bits per heavy atom. The van der Waals surface area contributed by atoms with Crippen LogP contribution in [0.15, 0.2) is 24.3 Å². The molecular weight excluding hydrogens is 262 g/mol. The Balaban J connectivity index is 0.00000180. The molecule has 1 aliphatic rings. The molecule has 0 aliphatic carbocycles. The lowest BCUT2D eigenvalue weighted by atomic mass is 9.80. The molecule has 4 nitrogen and oxygen atoms in total. The first kappa shape index (κ1) is 16.5. The first-order valence-electron chi connectivity index (χ1n) is 6.46. The van der Waals surface area contributed by atoms with Crippen LogP contribution in [0.25, 0.3) is 0 Å². The summed E-state index contributed by atoms with van der Waals surface area (Å²) in [5.74, 6) is 0. The fraction of sp³-hybridized carbons (Fsp3) is 0.538. The van der Waals surface area contributed by atoms with Gasteiger partial charge in [-0.15, -0.1) is 12.4 Å². The van der Waals surface area contributed by atoms with Crippen molar-refractivity contribution in [2.45, 2.75) is 13.0 Å². The van der Waals surface area contributed by atoms with Crippen LogP contribution in [0.4, 0.5) is 0 Å². The molecule has 1 aromatic carbocycles. The number of likely N-dealkylation sites (N-methyl/N-ethyl adjacent to an activating group) is 1. The Labute approximate surface area is 121 Å². The Hall–Kier alpha value is -0.585. The van der Waals surface area contributed by atoms with Crippen LogP contribution in [0.3, 0.4) is 0 Å². The zero-order chi connectivity index (χ0) is 13.1. The first-order valence-corrected chi connectivity index (χ1v) is 6.46. The van der Waals surface area contributed by atoms with E-state index in [1.54, 1.807) is 12.1 Å². The molecule has 0 bridgehead atoms.